The van der Waals surface area contributed by atoms with Gasteiger partial charge in [0.15, 0.2) is 0 Å². The zero-order chi connectivity index (χ0) is 27.9. The van der Waals surface area contributed by atoms with E-state index in [0.29, 0.717) is 35.7 Å². The monoisotopic (exact) mass is 535 g/mol. The van der Waals surface area contributed by atoms with E-state index in [1.807, 2.05) is 49.1 Å². The van der Waals surface area contributed by atoms with Gasteiger partial charge in [-0.05, 0) is 50.1 Å². The Bertz CT molecular complexity index is 1150. The second-order valence-corrected chi connectivity index (χ2v) is 11.0. The van der Waals surface area contributed by atoms with Gasteiger partial charge in [0.2, 0.25) is 5.91 Å². The van der Waals surface area contributed by atoms with E-state index in [2.05, 4.69) is 5.32 Å². The molecule has 3 amide bonds. The van der Waals surface area contributed by atoms with Crippen LogP contribution in [0.1, 0.15) is 66.7 Å². The van der Waals surface area contributed by atoms with Gasteiger partial charge < -0.3 is 24.6 Å². The van der Waals surface area contributed by atoms with Crippen LogP contribution in [0.25, 0.3) is 0 Å². The third-order valence-corrected chi connectivity index (χ3v) is 7.97. The number of hydrogen-bond donors (Lipinski definition) is 1. The summed E-state index contributed by atoms with van der Waals surface area (Å²) in [6.07, 6.45) is 4.83. The number of anilines is 1. The molecule has 4 rings (SSSR count). The quantitative estimate of drug-likeness (QED) is 0.605. The third kappa shape index (κ3) is 6.98. The summed E-state index contributed by atoms with van der Waals surface area (Å²) in [7, 11) is 3.37. The normalized spacial score (nSPS) is 23.2. The number of carbonyl (C=O) groups is 3. The standard InChI is InChI=1S/C31H41N3O5/c1-21-18-34(30(36)24-13-9-6-10-14-24)22(2)20-39-27-16-15-25(32-29(35)23-11-7-5-8-12-23)17-26(27)31(37)33(3)19-28(21)38-4/h6,9-10,13-17,21-23,28H,5,7-8,11-12,18-20H2,1-4H3,(H,32,35)/t21-,22-,28+/m1/s1. The van der Waals surface area contributed by atoms with Crippen molar-refractivity contribution < 1.29 is 23.9 Å². The first-order valence-corrected chi connectivity index (χ1v) is 14.0. The molecule has 0 bridgehead atoms. The van der Waals surface area contributed by atoms with Crippen molar-refractivity contribution in [3.05, 3.63) is 59.7 Å². The summed E-state index contributed by atoms with van der Waals surface area (Å²) in [6.45, 7) is 4.99. The lowest BCUT2D eigenvalue weighted by Crippen LogP contribution is -2.48. The molecule has 1 N–H and O–H groups in total. The smallest absolute Gasteiger partial charge is 0.257 e. The highest BCUT2D eigenvalue weighted by molar-refractivity contribution is 6.00. The first-order valence-electron chi connectivity index (χ1n) is 14.0. The summed E-state index contributed by atoms with van der Waals surface area (Å²) in [5.74, 6) is 0.104. The fraction of sp³-hybridized carbons (Fsp3) is 0.516. The molecule has 3 atom stereocenters. The number of ether oxygens (including phenoxy) is 2. The number of rotatable bonds is 4. The Balaban J connectivity index is 1.62. The number of benzene rings is 2. The first-order chi connectivity index (χ1) is 18.8. The molecule has 2 aliphatic rings. The Kier molecular flexibility index (Phi) is 9.62. The van der Waals surface area contributed by atoms with Crippen molar-refractivity contribution in [1.82, 2.24) is 9.80 Å². The summed E-state index contributed by atoms with van der Waals surface area (Å²) in [6, 6.07) is 14.2. The van der Waals surface area contributed by atoms with E-state index in [1.165, 1.54) is 6.42 Å². The maximum absolute atomic E-state index is 13.6. The summed E-state index contributed by atoms with van der Waals surface area (Å²) < 4.78 is 12.0. The highest BCUT2D eigenvalue weighted by atomic mass is 16.5. The van der Waals surface area contributed by atoms with Crippen LogP contribution in [0.4, 0.5) is 5.69 Å². The van der Waals surface area contributed by atoms with Crippen molar-refractivity contribution in [3.8, 4) is 5.75 Å². The molecule has 39 heavy (non-hydrogen) atoms. The molecule has 2 aromatic carbocycles. The molecule has 1 aliphatic carbocycles. The summed E-state index contributed by atoms with van der Waals surface area (Å²) in [4.78, 5) is 43.5. The maximum atomic E-state index is 13.6. The maximum Gasteiger partial charge on any atom is 0.257 e. The van der Waals surface area contributed by atoms with Crippen LogP contribution in [0.15, 0.2) is 48.5 Å². The molecule has 8 heteroatoms. The van der Waals surface area contributed by atoms with Crippen molar-refractivity contribution in [2.24, 2.45) is 11.8 Å². The molecular weight excluding hydrogens is 494 g/mol. The Morgan fingerprint density at radius 2 is 1.72 bits per heavy atom. The number of fused-ring (bicyclic) bond motifs is 1. The SMILES string of the molecule is CO[C@H]1CN(C)C(=O)c2cc(NC(=O)C3CCCCC3)ccc2OC[C@@H](C)N(C(=O)c2ccccc2)C[C@H]1C. The molecule has 8 nitrogen and oxygen atoms in total. The number of likely N-dealkylation sites (N-methyl/N-ethyl adjacent to an activating group) is 1. The van der Waals surface area contributed by atoms with Crippen molar-refractivity contribution in [2.75, 3.05) is 39.2 Å². The van der Waals surface area contributed by atoms with Crippen LogP contribution in [0, 0.1) is 11.8 Å². The van der Waals surface area contributed by atoms with Crippen LogP contribution in [-0.4, -0.2) is 73.5 Å². The van der Waals surface area contributed by atoms with Crippen molar-refractivity contribution in [3.63, 3.8) is 0 Å². The molecule has 210 valence electrons. The van der Waals surface area contributed by atoms with Crippen LogP contribution < -0.4 is 10.1 Å². The molecule has 0 saturated heterocycles. The Morgan fingerprint density at radius 1 is 1.00 bits per heavy atom. The minimum absolute atomic E-state index is 0.00138. The van der Waals surface area contributed by atoms with Crippen molar-refractivity contribution in [1.29, 1.82) is 0 Å². The van der Waals surface area contributed by atoms with Crippen LogP contribution in [-0.2, 0) is 9.53 Å². The number of carbonyl (C=O) groups excluding carboxylic acids is 3. The van der Waals surface area contributed by atoms with Crippen LogP contribution in [0.3, 0.4) is 0 Å². The summed E-state index contributed by atoms with van der Waals surface area (Å²) in [5, 5.41) is 3.02. The fourth-order valence-corrected chi connectivity index (χ4v) is 5.49. The van der Waals surface area contributed by atoms with Crippen LogP contribution >= 0.6 is 0 Å². The van der Waals surface area contributed by atoms with Gasteiger partial charge in [0.05, 0.1) is 17.7 Å². The predicted octanol–water partition coefficient (Wildman–Crippen LogP) is 4.85. The van der Waals surface area contributed by atoms with Gasteiger partial charge in [-0.2, -0.15) is 0 Å². The van der Waals surface area contributed by atoms with Gasteiger partial charge in [0, 0.05) is 50.3 Å². The van der Waals surface area contributed by atoms with E-state index in [1.54, 1.807) is 37.3 Å². The number of methoxy groups -OCH3 is 1. The number of amides is 3. The van der Waals surface area contributed by atoms with E-state index in [-0.39, 0.29) is 48.3 Å². The predicted molar refractivity (Wildman–Crippen MR) is 151 cm³/mol. The first kappa shape index (κ1) is 28.6. The van der Waals surface area contributed by atoms with Gasteiger partial charge in [-0.15, -0.1) is 0 Å². The van der Waals surface area contributed by atoms with Gasteiger partial charge in [-0.3, -0.25) is 14.4 Å². The lowest BCUT2D eigenvalue weighted by atomic mass is 9.88. The Morgan fingerprint density at radius 3 is 2.41 bits per heavy atom. The molecule has 1 heterocycles. The summed E-state index contributed by atoms with van der Waals surface area (Å²) >= 11 is 0. The zero-order valence-electron chi connectivity index (χ0n) is 23.5. The molecule has 1 fully saturated rings. The van der Waals surface area contributed by atoms with Crippen LogP contribution in [0.2, 0.25) is 0 Å². The third-order valence-electron chi connectivity index (χ3n) is 7.97. The van der Waals surface area contributed by atoms with E-state index in [4.69, 9.17) is 9.47 Å². The number of nitrogens with zero attached hydrogens (tertiary/aromatic N) is 2. The topological polar surface area (TPSA) is 88.2 Å². The average Bonchev–Trinajstić information content (AvgIpc) is 2.97. The van der Waals surface area contributed by atoms with Crippen LogP contribution in [0.5, 0.6) is 5.75 Å². The second kappa shape index (κ2) is 13.1. The molecule has 1 saturated carbocycles. The molecule has 0 radical (unpaired) electrons. The number of hydrogen-bond acceptors (Lipinski definition) is 5. The molecule has 0 aromatic heterocycles. The Labute approximate surface area is 231 Å². The van der Waals surface area contributed by atoms with Gasteiger partial charge in [0.25, 0.3) is 11.8 Å². The number of nitrogens with one attached hydrogen (secondary N) is 1. The van der Waals surface area contributed by atoms with Crippen molar-refractivity contribution in [2.45, 2.75) is 58.1 Å². The minimum atomic E-state index is -0.282. The lowest BCUT2D eigenvalue weighted by molar-refractivity contribution is -0.120. The van der Waals surface area contributed by atoms with Gasteiger partial charge in [-0.25, -0.2) is 0 Å². The zero-order valence-corrected chi connectivity index (χ0v) is 23.5. The Hall–Kier alpha value is -3.39. The summed E-state index contributed by atoms with van der Waals surface area (Å²) in [5.41, 5.74) is 1.56. The van der Waals surface area contributed by atoms with E-state index >= 15 is 0 Å². The molecule has 2 aromatic rings. The average molecular weight is 536 g/mol. The lowest BCUT2D eigenvalue weighted by Gasteiger charge is -2.36. The van der Waals surface area contributed by atoms with Gasteiger partial charge in [-0.1, -0.05) is 44.4 Å². The molecule has 0 unspecified atom stereocenters. The van der Waals surface area contributed by atoms with Gasteiger partial charge >= 0.3 is 0 Å². The van der Waals surface area contributed by atoms with Crippen molar-refractivity contribution >= 4 is 23.4 Å². The van der Waals surface area contributed by atoms with E-state index in [9.17, 15) is 14.4 Å². The van der Waals surface area contributed by atoms with Gasteiger partial charge in [0.1, 0.15) is 12.4 Å². The molecular formula is C31H41N3O5. The van der Waals surface area contributed by atoms with E-state index in [0.717, 1.165) is 25.7 Å². The molecule has 0 spiro atoms. The fourth-order valence-electron chi connectivity index (χ4n) is 5.49. The highest BCUT2D eigenvalue weighted by Gasteiger charge is 2.31. The minimum Gasteiger partial charge on any atom is -0.491 e. The largest absolute Gasteiger partial charge is 0.491 e. The van der Waals surface area contributed by atoms with E-state index < -0.39 is 0 Å². The highest BCUT2D eigenvalue weighted by Crippen LogP contribution is 2.29. The molecule has 1 aliphatic heterocycles. The second-order valence-electron chi connectivity index (χ2n) is 11.0.